The average Bonchev–Trinajstić information content (AvgIpc) is 2.45. The highest BCUT2D eigenvalue weighted by Crippen LogP contribution is 2.37. The zero-order chi connectivity index (χ0) is 16.0. The molecule has 0 saturated carbocycles. The van der Waals surface area contributed by atoms with Crippen molar-refractivity contribution in [2.45, 2.75) is 18.4 Å². The van der Waals surface area contributed by atoms with Gasteiger partial charge in [-0.2, -0.15) is 0 Å². The first-order valence-corrected chi connectivity index (χ1v) is 9.17. The van der Waals surface area contributed by atoms with Crippen molar-refractivity contribution in [2.24, 2.45) is 5.92 Å². The molecule has 0 aliphatic carbocycles. The number of piperidine rings is 2. The summed E-state index contributed by atoms with van der Waals surface area (Å²) in [5.74, 6) is -0.379. The molecule has 1 aromatic rings. The summed E-state index contributed by atoms with van der Waals surface area (Å²) in [4.78, 5) is 5.86. The Morgan fingerprint density at radius 3 is 2.77 bits per heavy atom. The van der Waals surface area contributed by atoms with Gasteiger partial charge in [0.05, 0.1) is 11.9 Å². The van der Waals surface area contributed by atoms with E-state index < -0.39 is 21.4 Å². The highest BCUT2D eigenvalue weighted by molar-refractivity contribution is 7.88. The second-order valence-electron chi connectivity index (χ2n) is 6.18. The second-order valence-corrected chi connectivity index (χ2v) is 8.16. The topological polar surface area (TPSA) is 73.7 Å². The quantitative estimate of drug-likeness (QED) is 0.852. The van der Waals surface area contributed by atoms with E-state index in [1.165, 1.54) is 28.9 Å². The predicted molar refractivity (Wildman–Crippen MR) is 80.5 cm³/mol. The summed E-state index contributed by atoms with van der Waals surface area (Å²) < 4.78 is 38.7. The van der Waals surface area contributed by atoms with E-state index >= 15 is 0 Å². The van der Waals surface area contributed by atoms with Crippen LogP contribution in [0.15, 0.2) is 18.3 Å². The summed E-state index contributed by atoms with van der Waals surface area (Å²) in [6, 6.07) is 2.89. The van der Waals surface area contributed by atoms with Crippen molar-refractivity contribution < 1.29 is 17.9 Å². The Balaban J connectivity index is 1.81. The molecule has 1 aromatic heterocycles. The SMILES string of the molecule is CS(=O)(=O)N1CC[C@@]2(O)CCN(c3ncccc3F)C[C@H]2C1. The molecular formula is C14H20FN3O3S. The van der Waals surface area contributed by atoms with Crippen LogP contribution in [0, 0.1) is 11.7 Å². The number of hydrogen-bond acceptors (Lipinski definition) is 5. The van der Waals surface area contributed by atoms with Gasteiger partial charge in [0.25, 0.3) is 0 Å². The third kappa shape index (κ3) is 2.82. The molecule has 3 rings (SSSR count). The van der Waals surface area contributed by atoms with Gasteiger partial charge in [0.2, 0.25) is 10.0 Å². The van der Waals surface area contributed by atoms with Gasteiger partial charge < -0.3 is 10.0 Å². The smallest absolute Gasteiger partial charge is 0.211 e. The molecule has 0 unspecified atom stereocenters. The van der Waals surface area contributed by atoms with Crippen molar-refractivity contribution in [3.05, 3.63) is 24.1 Å². The Morgan fingerprint density at radius 1 is 1.36 bits per heavy atom. The van der Waals surface area contributed by atoms with Gasteiger partial charge in [0, 0.05) is 38.3 Å². The van der Waals surface area contributed by atoms with E-state index in [2.05, 4.69) is 4.98 Å². The van der Waals surface area contributed by atoms with Crippen molar-refractivity contribution >= 4 is 15.8 Å². The molecule has 2 aliphatic heterocycles. The molecule has 22 heavy (non-hydrogen) atoms. The van der Waals surface area contributed by atoms with Crippen LogP contribution in [0.25, 0.3) is 0 Å². The first-order valence-electron chi connectivity index (χ1n) is 7.32. The van der Waals surface area contributed by atoms with Crippen LogP contribution in [0.3, 0.4) is 0 Å². The molecule has 8 heteroatoms. The summed E-state index contributed by atoms with van der Waals surface area (Å²) in [6.07, 6.45) is 3.62. The molecule has 122 valence electrons. The second kappa shape index (κ2) is 5.43. The summed E-state index contributed by atoms with van der Waals surface area (Å²) in [5, 5.41) is 10.7. The lowest BCUT2D eigenvalue weighted by molar-refractivity contribution is -0.0689. The third-order valence-electron chi connectivity index (χ3n) is 4.74. The number of pyridine rings is 1. The van der Waals surface area contributed by atoms with Crippen molar-refractivity contribution in [1.82, 2.24) is 9.29 Å². The van der Waals surface area contributed by atoms with Gasteiger partial charge in [-0.1, -0.05) is 0 Å². The van der Waals surface area contributed by atoms with E-state index in [1.54, 1.807) is 4.90 Å². The zero-order valence-corrected chi connectivity index (χ0v) is 13.3. The van der Waals surface area contributed by atoms with Crippen molar-refractivity contribution in [3.63, 3.8) is 0 Å². The fourth-order valence-electron chi connectivity index (χ4n) is 3.38. The molecule has 2 aliphatic rings. The van der Waals surface area contributed by atoms with Crippen LogP contribution in [0.4, 0.5) is 10.2 Å². The van der Waals surface area contributed by atoms with Crippen LogP contribution >= 0.6 is 0 Å². The van der Waals surface area contributed by atoms with E-state index in [-0.39, 0.29) is 18.3 Å². The number of sulfonamides is 1. The lowest BCUT2D eigenvalue weighted by Gasteiger charge is -2.49. The molecule has 0 spiro atoms. The van der Waals surface area contributed by atoms with Gasteiger partial charge in [-0.3, -0.25) is 0 Å². The van der Waals surface area contributed by atoms with Gasteiger partial charge in [0.15, 0.2) is 11.6 Å². The fourth-order valence-corrected chi connectivity index (χ4v) is 4.25. The largest absolute Gasteiger partial charge is 0.389 e. The molecule has 0 bridgehead atoms. The maximum Gasteiger partial charge on any atom is 0.211 e. The van der Waals surface area contributed by atoms with Gasteiger partial charge in [-0.15, -0.1) is 0 Å². The first-order chi connectivity index (χ1) is 10.3. The Bertz CT molecular complexity index is 669. The van der Waals surface area contributed by atoms with E-state index in [4.69, 9.17) is 0 Å². The van der Waals surface area contributed by atoms with Crippen LogP contribution in [-0.2, 0) is 10.0 Å². The zero-order valence-electron chi connectivity index (χ0n) is 12.4. The van der Waals surface area contributed by atoms with Gasteiger partial charge in [-0.05, 0) is 25.0 Å². The Labute approximate surface area is 129 Å². The Morgan fingerprint density at radius 2 is 2.09 bits per heavy atom. The summed E-state index contributed by atoms with van der Waals surface area (Å²) in [6.45, 7) is 1.51. The monoisotopic (exact) mass is 329 g/mol. The summed E-state index contributed by atoms with van der Waals surface area (Å²) in [7, 11) is -3.28. The molecule has 1 N–H and O–H groups in total. The first kappa shape index (κ1) is 15.6. The lowest BCUT2D eigenvalue weighted by atomic mass is 9.76. The van der Waals surface area contributed by atoms with E-state index in [0.29, 0.717) is 32.5 Å². The third-order valence-corrected chi connectivity index (χ3v) is 6.01. The molecule has 2 saturated heterocycles. The Kier molecular flexibility index (Phi) is 3.86. The number of hydrogen-bond donors (Lipinski definition) is 1. The van der Waals surface area contributed by atoms with Gasteiger partial charge in [-0.25, -0.2) is 22.1 Å². The van der Waals surface area contributed by atoms with Crippen LogP contribution in [-0.4, -0.2) is 60.8 Å². The number of fused-ring (bicyclic) bond motifs is 1. The molecule has 3 heterocycles. The minimum absolute atomic E-state index is 0.244. The molecule has 6 nitrogen and oxygen atoms in total. The number of aromatic nitrogens is 1. The predicted octanol–water partition coefficient (Wildman–Crippen LogP) is 0.443. The van der Waals surface area contributed by atoms with Crippen molar-refractivity contribution in [1.29, 1.82) is 0 Å². The maximum absolute atomic E-state index is 13.9. The number of rotatable bonds is 2. The van der Waals surface area contributed by atoms with Gasteiger partial charge in [0.1, 0.15) is 0 Å². The number of halogens is 1. The highest BCUT2D eigenvalue weighted by Gasteiger charge is 2.47. The molecule has 2 fully saturated rings. The summed E-state index contributed by atoms with van der Waals surface area (Å²) >= 11 is 0. The van der Waals surface area contributed by atoms with E-state index in [0.717, 1.165) is 0 Å². The lowest BCUT2D eigenvalue weighted by Crippen LogP contribution is -2.60. The number of nitrogens with zero attached hydrogens (tertiary/aromatic N) is 3. The van der Waals surface area contributed by atoms with Crippen LogP contribution < -0.4 is 4.90 Å². The molecule has 0 amide bonds. The van der Waals surface area contributed by atoms with Crippen LogP contribution in [0.2, 0.25) is 0 Å². The van der Waals surface area contributed by atoms with E-state index in [1.807, 2.05) is 0 Å². The normalized spacial score (nSPS) is 30.1. The Hall–Kier alpha value is -1.25. The van der Waals surface area contributed by atoms with Crippen molar-refractivity contribution in [2.75, 3.05) is 37.3 Å². The molecule has 0 radical (unpaired) electrons. The standard InChI is InChI=1S/C14H20FN3O3S/c1-22(20,21)18-8-5-14(19)4-7-17(9-11(14)10-18)13-12(15)3-2-6-16-13/h2-3,6,11,19H,4-5,7-10H2,1H3/t11-,14-/m0/s1. The molecule has 2 atom stereocenters. The molecule has 0 aromatic carbocycles. The minimum Gasteiger partial charge on any atom is -0.389 e. The average molecular weight is 329 g/mol. The number of anilines is 1. The van der Waals surface area contributed by atoms with E-state index in [9.17, 15) is 17.9 Å². The molecular weight excluding hydrogens is 309 g/mol. The minimum atomic E-state index is -3.28. The van der Waals surface area contributed by atoms with Gasteiger partial charge >= 0.3 is 0 Å². The van der Waals surface area contributed by atoms with Crippen LogP contribution in [0.5, 0.6) is 0 Å². The maximum atomic E-state index is 13.9. The number of aliphatic hydroxyl groups is 1. The summed E-state index contributed by atoms with van der Waals surface area (Å²) in [5.41, 5.74) is -0.872. The fraction of sp³-hybridized carbons (Fsp3) is 0.643. The van der Waals surface area contributed by atoms with Crippen LogP contribution in [0.1, 0.15) is 12.8 Å². The highest BCUT2D eigenvalue weighted by atomic mass is 32.2. The van der Waals surface area contributed by atoms with Crippen molar-refractivity contribution in [3.8, 4) is 0 Å².